The molecule has 0 bridgehead atoms. The molecule has 2 rings (SSSR count). The van der Waals surface area contributed by atoms with Gasteiger partial charge in [0.15, 0.2) is 0 Å². The van der Waals surface area contributed by atoms with E-state index in [1.807, 2.05) is 24.3 Å². The van der Waals surface area contributed by atoms with Crippen LogP contribution in [0.15, 0.2) is 42.6 Å². The molecule has 1 heterocycles. The molecule has 1 aromatic heterocycles. The molecule has 0 radical (unpaired) electrons. The molecule has 0 aliphatic heterocycles. The predicted molar refractivity (Wildman–Crippen MR) is 77.4 cm³/mol. The molecule has 1 aromatic carbocycles. The van der Waals surface area contributed by atoms with Crippen molar-refractivity contribution in [1.82, 2.24) is 9.88 Å². The molecule has 0 saturated heterocycles. The van der Waals surface area contributed by atoms with E-state index in [0.717, 1.165) is 29.6 Å². The average Bonchev–Trinajstić information content (AvgIpc) is 2.38. The highest BCUT2D eigenvalue weighted by molar-refractivity contribution is 6.30. The number of methoxy groups -OCH3 is 1. The van der Waals surface area contributed by atoms with Crippen LogP contribution in [0.3, 0.4) is 0 Å². The fourth-order valence-corrected chi connectivity index (χ4v) is 2.13. The Bertz CT molecular complexity index is 545. The lowest BCUT2D eigenvalue weighted by atomic mass is 10.2. The number of ether oxygens (including phenoxy) is 1. The summed E-state index contributed by atoms with van der Waals surface area (Å²) in [4.78, 5) is 6.49. The lowest BCUT2D eigenvalue weighted by Gasteiger charge is -2.16. The molecule has 0 N–H and O–H groups in total. The second-order valence-electron chi connectivity index (χ2n) is 4.49. The molecule has 0 spiro atoms. The smallest absolute Gasteiger partial charge is 0.119 e. The first-order chi connectivity index (χ1) is 9.17. The van der Waals surface area contributed by atoms with Gasteiger partial charge in [0.25, 0.3) is 0 Å². The van der Waals surface area contributed by atoms with Crippen molar-refractivity contribution in [2.75, 3.05) is 14.2 Å². The summed E-state index contributed by atoms with van der Waals surface area (Å²) in [6, 6.07) is 11.8. The Morgan fingerprint density at radius 2 is 2.05 bits per heavy atom. The summed E-state index contributed by atoms with van der Waals surface area (Å²) in [6.07, 6.45) is 1.73. The Kier molecular flexibility index (Phi) is 4.77. The Balaban J connectivity index is 1.98. The summed E-state index contributed by atoms with van der Waals surface area (Å²) >= 11 is 5.95. The molecule has 0 aliphatic carbocycles. The standard InChI is InChI=1S/C15H17ClN2O/c1-18(11-14-9-13(16)6-7-17-14)10-12-4-3-5-15(8-12)19-2/h3-9H,10-11H2,1-2H3. The number of pyridine rings is 1. The van der Waals surface area contributed by atoms with Crippen LogP contribution in [0.2, 0.25) is 5.02 Å². The van der Waals surface area contributed by atoms with Crippen LogP contribution in [0.4, 0.5) is 0 Å². The first-order valence-electron chi connectivity index (χ1n) is 6.09. The van der Waals surface area contributed by atoms with Crippen molar-refractivity contribution in [1.29, 1.82) is 0 Å². The predicted octanol–water partition coefficient (Wildman–Crippen LogP) is 3.38. The van der Waals surface area contributed by atoms with Crippen molar-refractivity contribution in [3.05, 3.63) is 58.9 Å². The van der Waals surface area contributed by atoms with Crippen molar-refractivity contribution in [3.63, 3.8) is 0 Å². The highest BCUT2D eigenvalue weighted by Crippen LogP contribution is 2.15. The van der Waals surface area contributed by atoms with Crippen LogP contribution < -0.4 is 4.74 Å². The quantitative estimate of drug-likeness (QED) is 0.837. The first-order valence-corrected chi connectivity index (χ1v) is 6.47. The topological polar surface area (TPSA) is 25.4 Å². The average molecular weight is 277 g/mol. The maximum absolute atomic E-state index is 5.95. The number of benzene rings is 1. The van der Waals surface area contributed by atoms with Crippen LogP contribution >= 0.6 is 11.6 Å². The van der Waals surface area contributed by atoms with Crippen LogP contribution in [0.5, 0.6) is 5.75 Å². The van der Waals surface area contributed by atoms with Gasteiger partial charge >= 0.3 is 0 Å². The second kappa shape index (κ2) is 6.55. The zero-order chi connectivity index (χ0) is 13.7. The zero-order valence-corrected chi connectivity index (χ0v) is 11.9. The fraction of sp³-hybridized carbons (Fsp3) is 0.267. The van der Waals surface area contributed by atoms with E-state index in [4.69, 9.17) is 16.3 Å². The Labute approximate surface area is 118 Å². The van der Waals surface area contributed by atoms with Gasteiger partial charge in [-0.3, -0.25) is 9.88 Å². The molecule has 0 fully saturated rings. The fourth-order valence-electron chi connectivity index (χ4n) is 1.95. The van der Waals surface area contributed by atoms with Gasteiger partial charge in [-0.1, -0.05) is 23.7 Å². The van der Waals surface area contributed by atoms with Gasteiger partial charge in [-0.25, -0.2) is 0 Å². The van der Waals surface area contributed by atoms with E-state index in [0.29, 0.717) is 0 Å². The van der Waals surface area contributed by atoms with E-state index in [2.05, 4.69) is 23.0 Å². The maximum Gasteiger partial charge on any atom is 0.119 e. The number of nitrogens with zero attached hydrogens (tertiary/aromatic N) is 2. The SMILES string of the molecule is COc1cccc(CN(C)Cc2cc(Cl)ccn2)c1. The van der Waals surface area contributed by atoms with E-state index in [9.17, 15) is 0 Å². The van der Waals surface area contributed by atoms with Crippen LogP contribution in [-0.2, 0) is 13.1 Å². The number of aromatic nitrogens is 1. The van der Waals surface area contributed by atoms with Crippen molar-refractivity contribution < 1.29 is 4.74 Å². The van der Waals surface area contributed by atoms with E-state index in [-0.39, 0.29) is 0 Å². The van der Waals surface area contributed by atoms with Gasteiger partial charge < -0.3 is 4.74 Å². The summed E-state index contributed by atoms with van der Waals surface area (Å²) in [5.74, 6) is 0.881. The third-order valence-electron chi connectivity index (χ3n) is 2.80. The summed E-state index contributed by atoms with van der Waals surface area (Å²) in [5, 5.41) is 0.722. The Morgan fingerprint density at radius 1 is 1.21 bits per heavy atom. The Morgan fingerprint density at radius 3 is 2.79 bits per heavy atom. The molecule has 4 heteroatoms. The van der Waals surface area contributed by atoms with E-state index < -0.39 is 0 Å². The third kappa shape index (κ3) is 4.23. The van der Waals surface area contributed by atoms with Crippen LogP contribution in [0.1, 0.15) is 11.3 Å². The summed E-state index contributed by atoms with van der Waals surface area (Å²) in [6.45, 7) is 1.60. The maximum atomic E-state index is 5.95. The largest absolute Gasteiger partial charge is 0.497 e. The molecule has 0 unspecified atom stereocenters. The third-order valence-corrected chi connectivity index (χ3v) is 3.03. The minimum absolute atomic E-state index is 0.722. The van der Waals surface area contributed by atoms with Crippen molar-refractivity contribution in [2.24, 2.45) is 0 Å². The first kappa shape index (κ1) is 13.8. The molecule has 0 amide bonds. The van der Waals surface area contributed by atoms with E-state index >= 15 is 0 Å². The van der Waals surface area contributed by atoms with Gasteiger partial charge in [-0.2, -0.15) is 0 Å². The van der Waals surface area contributed by atoms with Crippen molar-refractivity contribution >= 4 is 11.6 Å². The molecule has 19 heavy (non-hydrogen) atoms. The second-order valence-corrected chi connectivity index (χ2v) is 4.93. The van der Waals surface area contributed by atoms with Gasteiger partial charge in [0.2, 0.25) is 0 Å². The van der Waals surface area contributed by atoms with E-state index in [1.54, 1.807) is 19.4 Å². The highest BCUT2D eigenvalue weighted by atomic mass is 35.5. The lowest BCUT2D eigenvalue weighted by Crippen LogP contribution is -2.17. The Hall–Kier alpha value is -1.58. The molecule has 0 saturated carbocycles. The van der Waals surface area contributed by atoms with Gasteiger partial charge in [0, 0.05) is 24.3 Å². The number of hydrogen-bond acceptors (Lipinski definition) is 3. The number of rotatable bonds is 5. The van der Waals surface area contributed by atoms with Gasteiger partial charge in [-0.05, 0) is 36.9 Å². The molecule has 0 atom stereocenters. The highest BCUT2D eigenvalue weighted by Gasteiger charge is 2.04. The molecular formula is C15H17ClN2O. The lowest BCUT2D eigenvalue weighted by molar-refractivity contribution is 0.314. The van der Waals surface area contributed by atoms with Crippen molar-refractivity contribution in [2.45, 2.75) is 13.1 Å². The zero-order valence-electron chi connectivity index (χ0n) is 11.1. The molecule has 3 nitrogen and oxygen atoms in total. The summed E-state index contributed by atoms with van der Waals surface area (Å²) < 4.78 is 5.22. The summed E-state index contributed by atoms with van der Waals surface area (Å²) in [5.41, 5.74) is 2.18. The van der Waals surface area contributed by atoms with Gasteiger partial charge in [0.05, 0.1) is 12.8 Å². The normalized spacial score (nSPS) is 10.7. The van der Waals surface area contributed by atoms with Gasteiger partial charge in [0.1, 0.15) is 5.75 Å². The van der Waals surface area contributed by atoms with E-state index in [1.165, 1.54) is 5.56 Å². The molecule has 2 aromatic rings. The molecular weight excluding hydrogens is 260 g/mol. The number of halogens is 1. The molecule has 0 aliphatic rings. The van der Waals surface area contributed by atoms with Gasteiger partial charge in [-0.15, -0.1) is 0 Å². The number of hydrogen-bond donors (Lipinski definition) is 0. The molecule has 100 valence electrons. The summed E-state index contributed by atoms with van der Waals surface area (Å²) in [7, 11) is 3.74. The van der Waals surface area contributed by atoms with Crippen LogP contribution in [0, 0.1) is 0 Å². The monoisotopic (exact) mass is 276 g/mol. The van der Waals surface area contributed by atoms with Crippen LogP contribution in [0.25, 0.3) is 0 Å². The minimum Gasteiger partial charge on any atom is -0.497 e. The minimum atomic E-state index is 0.722. The van der Waals surface area contributed by atoms with Crippen molar-refractivity contribution in [3.8, 4) is 5.75 Å². The van der Waals surface area contributed by atoms with Crippen LogP contribution in [-0.4, -0.2) is 24.0 Å².